The van der Waals surface area contributed by atoms with Crippen LogP contribution in [0.25, 0.3) is 0 Å². The largest absolute Gasteiger partial charge is 0.314 e. The normalized spacial score (nSPS) is 35.1. The van der Waals surface area contributed by atoms with Crippen LogP contribution in [0.1, 0.15) is 52.9 Å². The van der Waals surface area contributed by atoms with Crippen molar-refractivity contribution in [1.29, 1.82) is 0 Å². The third-order valence-electron chi connectivity index (χ3n) is 4.92. The highest BCUT2D eigenvalue weighted by Crippen LogP contribution is 2.34. The van der Waals surface area contributed by atoms with Gasteiger partial charge in [0.25, 0.3) is 0 Å². The maximum absolute atomic E-state index is 3.64. The Kier molecular flexibility index (Phi) is 4.87. The first-order chi connectivity index (χ1) is 8.22. The van der Waals surface area contributed by atoms with Gasteiger partial charge in [0.1, 0.15) is 0 Å². The van der Waals surface area contributed by atoms with Gasteiger partial charge < -0.3 is 10.2 Å². The molecular formula is C15H30N2. The van der Waals surface area contributed by atoms with Crippen LogP contribution in [0.5, 0.6) is 0 Å². The molecule has 1 saturated carbocycles. The molecule has 100 valence electrons. The number of hydrogen-bond donors (Lipinski definition) is 1. The summed E-state index contributed by atoms with van der Waals surface area (Å²) in [5.74, 6) is 1.90. The molecule has 1 saturated heterocycles. The van der Waals surface area contributed by atoms with Crippen molar-refractivity contribution >= 4 is 0 Å². The molecule has 1 heterocycles. The van der Waals surface area contributed by atoms with Crippen LogP contribution < -0.4 is 5.32 Å². The molecule has 0 amide bonds. The first-order valence-electron chi connectivity index (χ1n) is 7.69. The molecule has 0 aromatic carbocycles. The summed E-state index contributed by atoms with van der Waals surface area (Å²) >= 11 is 0. The molecule has 2 nitrogen and oxygen atoms in total. The molecule has 0 aromatic heterocycles. The maximum Gasteiger partial charge on any atom is 0.0120 e. The van der Waals surface area contributed by atoms with Gasteiger partial charge >= 0.3 is 0 Å². The lowest BCUT2D eigenvalue weighted by Gasteiger charge is -2.43. The number of nitrogens with zero attached hydrogens (tertiary/aromatic N) is 1. The van der Waals surface area contributed by atoms with Gasteiger partial charge in [-0.05, 0) is 57.7 Å². The van der Waals surface area contributed by atoms with E-state index in [1.54, 1.807) is 0 Å². The molecular weight excluding hydrogens is 208 g/mol. The summed E-state index contributed by atoms with van der Waals surface area (Å²) in [6.07, 6.45) is 7.26. The molecule has 0 aromatic rings. The number of piperidine rings is 1. The van der Waals surface area contributed by atoms with E-state index in [1.807, 2.05) is 0 Å². The monoisotopic (exact) mass is 238 g/mol. The lowest BCUT2D eigenvalue weighted by Crippen LogP contribution is -2.53. The van der Waals surface area contributed by atoms with Gasteiger partial charge in [-0.15, -0.1) is 0 Å². The van der Waals surface area contributed by atoms with E-state index >= 15 is 0 Å². The molecule has 3 atom stereocenters. The van der Waals surface area contributed by atoms with Crippen LogP contribution in [0.4, 0.5) is 0 Å². The summed E-state index contributed by atoms with van der Waals surface area (Å²) in [5.41, 5.74) is 0. The fourth-order valence-electron chi connectivity index (χ4n) is 3.30. The molecule has 17 heavy (non-hydrogen) atoms. The third-order valence-corrected chi connectivity index (χ3v) is 4.92. The molecule has 0 bridgehead atoms. The van der Waals surface area contributed by atoms with Crippen molar-refractivity contribution in [2.45, 2.75) is 65.0 Å². The lowest BCUT2D eigenvalue weighted by molar-refractivity contribution is 0.0837. The Morgan fingerprint density at radius 2 is 1.94 bits per heavy atom. The summed E-state index contributed by atoms with van der Waals surface area (Å²) in [6.45, 7) is 10.8. The zero-order valence-electron chi connectivity index (χ0n) is 11.9. The van der Waals surface area contributed by atoms with Gasteiger partial charge in [-0.3, -0.25) is 0 Å². The van der Waals surface area contributed by atoms with Gasteiger partial charge in [0.05, 0.1) is 0 Å². The van der Waals surface area contributed by atoms with Crippen LogP contribution >= 0.6 is 0 Å². The Hall–Kier alpha value is -0.0800. The van der Waals surface area contributed by atoms with Gasteiger partial charge in [-0.25, -0.2) is 0 Å². The van der Waals surface area contributed by atoms with Crippen molar-refractivity contribution in [3.63, 3.8) is 0 Å². The SMILES string of the molecule is CCNC1CCN(CCCC2CC2)C(C)C1C. The lowest BCUT2D eigenvalue weighted by atomic mass is 9.87. The predicted octanol–water partition coefficient (Wildman–Crippen LogP) is 2.89. The fourth-order valence-corrected chi connectivity index (χ4v) is 3.30. The highest BCUT2D eigenvalue weighted by molar-refractivity contribution is 4.88. The summed E-state index contributed by atoms with van der Waals surface area (Å²) in [4.78, 5) is 2.72. The van der Waals surface area contributed by atoms with Crippen LogP contribution in [0.2, 0.25) is 0 Å². The van der Waals surface area contributed by atoms with E-state index in [2.05, 4.69) is 31.0 Å². The van der Waals surface area contributed by atoms with Crippen LogP contribution in [0.15, 0.2) is 0 Å². The standard InChI is InChI=1S/C15H30N2/c1-4-16-15-9-11-17(13(3)12(15)2)10-5-6-14-7-8-14/h12-16H,4-11H2,1-3H3. The van der Waals surface area contributed by atoms with Crippen molar-refractivity contribution in [3.05, 3.63) is 0 Å². The third kappa shape index (κ3) is 3.69. The molecule has 1 aliphatic heterocycles. The molecule has 2 heteroatoms. The average molecular weight is 238 g/mol. The van der Waals surface area contributed by atoms with Crippen LogP contribution in [0, 0.1) is 11.8 Å². The van der Waals surface area contributed by atoms with Crippen molar-refractivity contribution in [2.24, 2.45) is 11.8 Å². The predicted molar refractivity (Wildman–Crippen MR) is 74.2 cm³/mol. The van der Waals surface area contributed by atoms with Crippen LogP contribution in [-0.4, -0.2) is 36.6 Å². The fraction of sp³-hybridized carbons (Fsp3) is 1.00. The second-order valence-corrected chi connectivity index (χ2v) is 6.17. The van der Waals surface area contributed by atoms with Gasteiger partial charge in [0.15, 0.2) is 0 Å². The zero-order chi connectivity index (χ0) is 12.3. The van der Waals surface area contributed by atoms with Gasteiger partial charge in [0.2, 0.25) is 0 Å². The molecule has 0 radical (unpaired) electrons. The van der Waals surface area contributed by atoms with Crippen LogP contribution in [0.3, 0.4) is 0 Å². The topological polar surface area (TPSA) is 15.3 Å². The number of hydrogen-bond acceptors (Lipinski definition) is 2. The molecule has 1 N–H and O–H groups in total. The van der Waals surface area contributed by atoms with Crippen molar-refractivity contribution in [1.82, 2.24) is 10.2 Å². The minimum Gasteiger partial charge on any atom is -0.314 e. The van der Waals surface area contributed by atoms with E-state index in [4.69, 9.17) is 0 Å². The van der Waals surface area contributed by atoms with E-state index in [1.165, 1.54) is 45.2 Å². The van der Waals surface area contributed by atoms with E-state index < -0.39 is 0 Å². The Morgan fingerprint density at radius 1 is 1.18 bits per heavy atom. The maximum atomic E-state index is 3.64. The Bertz CT molecular complexity index is 225. The molecule has 2 rings (SSSR count). The molecule has 2 aliphatic rings. The Balaban J connectivity index is 1.71. The minimum absolute atomic E-state index is 0.745. The highest BCUT2D eigenvalue weighted by atomic mass is 15.2. The van der Waals surface area contributed by atoms with Gasteiger partial charge in [-0.2, -0.15) is 0 Å². The second kappa shape index (κ2) is 6.19. The number of rotatable bonds is 6. The van der Waals surface area contributed by atoms with Gasteiger partial charge in [-0.1, -0.05) is 26.7 Å². The average Bonchev–Trinajstić information content (AvgIpc) is 3.12. The number of likely N-dealkylation sites (tertiary alicyclic amines) is 1. The quantitative estimate of drug-likeness (QED) is 0.765. The number of nitrogens with one attached hydrogen (secondary N) is 1. The van der Waals surface area contributed by atoms with E-state index in [0.717, 1.165) is 30.5 Å². The van der Waals surface area contributed by atoms with Crippen molar-refractivity contribution in [3.8, 4) is 0 Å². The molecule has 2 fully saturated rings. The van der Waals surface area contributed by atoms with Crippen LogP contribution in [-0.2, 0) is 0 Å². The van der Waals surface area contributed by atoms with E-state index in [-0.39, 0.29) is 0 Å². The summed E-state index contributed by atoms with van der Waals surface area (Å²) in [7, 11) is 0. The highest BCUT2D eigenvalue weighted by Gasteiger charge is 2.31. The van der Waals surface area contributed by atoms with Crippen molar-refractivity contribution < 1.29 is 0 Å². The zero-order valence-corrected chi connectivity index (χ0v) is 11.9. The molecule has 0 spiro atoms. The Morgan fingerprint density at radius 3 is 2.59 bits per heavy atom. The summed E-state index contributed by atoms with van der Waals surface area (Å²) in [5, 5.41) is 3.64. The Labute approximate surface area is 107 Å². The first-order valence-corrected chi connectivity index (χ1v) is 7.69. The van der Waals surface area contributed by atoms with Gasteiger partial charge in [0, 0.05) is 12.1 Å². The van der Waals surface area contributed by atoms with Crippen molar-refractivity contribution in [2.75, 3.05) is 19.6 Å². The second-order valence-electron chi connectivity index (χ2n) is 6.17. The molecule has 1 aliphatic carbocycles. The summed E-state index contributed by atoms with van der Waals surface area (Å²) < 4.78 is 0. The molecule has 3 unspecified atom stereocenters. The smallest absolute Gasteiger partial charge is 0.0120 e. The minimum atomic E-state index is 0.745. The first kappa shape index (κ1) is 13.4. The van der Waals surface area contributed by atoms with E-state index in [9.17, 15) is 0 Å². The summed E-state index contributed by atoms with van der Waals surface area (Å²) in [6, 6.07) is 1.50. The van der Waals surface area contributed by atoms with E-state index in [0.29, 0.717) is 0 Å².